The predicted molar refractivity (Wildman–Crippen MR) is 156 cm³/mol. The standard InChI is InChI=1S/C33H10F14O12/c34-15-13(16(35)20(39)23(19(15)38)58-29(56)7-1-3-9(25(48)49)11(5-7)27(52)53)31(32(42,43)44,33(45,46)47)14-17(36)21(40)24(22(41)18(14)37)59-30(57)8-2-4-10(26(50)51)12(6-8)28(54)55/h1-6H,(H,48,49)(H,50,51)(H,52,53)(H,54,55). The largest absolute Gasteiger partial charge is 0.478 e. The summed E-state index contributed by atoms with van der Waals surface area (Å²) in [6, 6.07) is 1.60. The van der Waals surface area contributed by atoms with Crippen LogP contribution in [0.5, 0.6) is 11.5 Å². The van der Waals surface area contributed by atoms with Gasteiger partial charge in [0.05, 0.1) is 44.5 Å². The van der Waals surface area contributed by atoms with E-state index in [1.807, 2.05) is 0 Å². The first-order chi connectivity index (χ1) is 27.0. The van der Waals surface area contributed by atoms with Crippen LogP contribution in [0.1, 0.15) is 73.3 Å². The number of carbonyl (C=O) groups excluding carboxylic acids is 2. The highest BCUT2D eigenvalue weighted by atomic mass is 19.4. The first-order valence-electron chi connectivity index (χ1n) is 14.6. The lowest BCUT2D eigenvalue weighted by Gasteiger charge is -2.39. The molecule has 0 atom stereocenters. The Kier molecular flexibility index (Phi) is 11.5. The van der Waals surface area contributed by atoms with E-state index in [4.69, 9.17) is 20.4 Å². The number of carbonyl (C=O) groups is 6. The number of carboxylic acid groups (broad SMARTS) is 4. The second kappa shape index (κ2) is 15.2. The molecule has 0 amide bonds. The van der Waals surface area contributed by atoms with Crippen molar-refractivity contribution in [1.82, 2.24) is 0 Å². The summed E-state index contributed by atoms with van der Waals surface area (Å²) >= 11 is 0. The molecule has 0 heterocycles. The molecular formula is C33H10F14O12. The Hall–Kier alpha value is -7.28. The van der Waals surface area contributed by atoms with Crippen molar-refractivity contribution in [3.63, 3.8) is 0 Å². The number of hydrogen-bond acceptors (Lipinski definition) is 8. The summed E-state index contributed by atoms with van der Waals surface area (Å²) < 4.78 is 219. The molecule has 0 aromatic heterocycles. The van der Waals surface area contributed by atoms with Crippen LogP contribution in [0.4, 0.5) is 61.5 Å². The number of ether oxygens (including phenoxy) is 2. The van der Waals surface area contributed by atoms with Gasteiger partial charge in [0.25, 0.3) is 0 Å². The van der Waals surface area contributed by atoms with Crippen molar-refractivity contribution in [2.24, 2.45) is 0 Å². The van der Waals surface area contributed by atoms with E-state index in [9.17, 15) is 55.1 Å². The maximum atomic E-state index is 15.5. The molecule has 0 saturated carbocycles. The topological polar surface area (TPSA) is 202 Å². The fourth-order valence-corrected chi connectivity index (χ4v) is 5.29. The molecule has 4 N–H and O–H groups in total. The lowest BCUT2D eigenvalue weighted by atomic mass is 9.71. The normalized spacial score (nSPS) is 11.9. The fourth-order valence-electron chi connectivity index (χ4n) is 5.29. The SMILES string of the molecule is O=C(Oc1c(F)c(F)c(C(c2c(F)c(F)c(OC(=O)c3ccc(C(=O)O)c(C(=O)O)c3)c(F)c2F)(C(F)(F)F)C(F)(F)F)c(F)c1F)c1ccc(C(=O)O)c(C(=O)O)c1. The number of carboxylic acids is 4. The lowest BCUT2D eigenvalue weighted by molar-refractivity contribution is -0.291. The van der Waals surface area contributed by atoms with Crippen molar-refractivity contribution in [2.45, 2.75) is 17.8 Å². The van der Waals surface area contributed by atoms with Gasteiger partial charge in [0.2, 0.25) is 40.2 Å². The van der Waals surface area contributed by atoms with Crippen LogP contribution in [-0.4, -0.2) is 68.6 Å². The molecule has 0 aliphatic heterocycles. The van der Waals surface area contributed by atoms with E-state index in [1.54, 1.807) is 0 Å². The first kappa shape index (κ1) is 44.4. The minimum absolute atomic E-state index is 0.112. The maximum absolute atomic E-state index is 15.5. The first-order valence-corrected chi connectivity index (χ1v) is 14.6. The van der Waals surface area contributed by atoms with Gasteiger partial charge in [0.15, 0.2) is 23.3 Å². The number of esters is 2. The highest BCUT2D eigenvalue weighted by Gasteiger charge is 2.77. The van der Waals surface area contributed by atoms with Crippen molar-refractivity contribution >= 4 is 35.8 Å². The maximum Gasteiger partial charge on any atom is 0.411 e. The van der Waals surface area contributed by atoms with Crippen LogP contribution in [0.3, 0.4) is 0 Å². The minimum Gasteiger partial charge on any atom is -0.478 e. The second-order valence-corrected chi connectivity index (χ2v) is 11.2. The molecule has 0 aliphatic rings. The molecule has 0 saturated heterocycles. The Morgan fingerprint density at radius 3 is 0.881 bits per heavy atom. The van der Waals surface area contributed by atoms with Gasteiger partial charge in [-0.2, -0.15) is 43.9 Å². The van der Waals surface area contributed by atoms with Crippen molar-refractivity contribution in [3.05, 3.63) is 127 Å². The van der Waals surface area contributed by atoms with Crippen LogP contribution in [0, 0.1) is 46.5 Å². The number of alkyl halides is 6. The smallest absolute Gasteiger partial charge is 0.411 e. The Bertz CT molecular complexity index is 2300. The molecule has 4 aromatic rings. The quantitative estimate of drug-likeness (QED) is 0.0532. The summed E-state index contributed by atoms with van der Waals surface area (Å²) in [4.78, 5) is 70.1. The molecule has 0 unspecified atom stereocenters. The third kappa shape index (κ3) is 7.27. The van der Waals surface area contributed by atoms with Gasteiger partial charge >= 0.3 is 48.2 Å². The van der Waals surface area contributed by atoms with Crippen molar-refractivity contribution in [1.29, 1.82) is 0 Å². The third-order valence-electron chi connectivity index (χ3n) is 7.87. The van der Waals surface area contributed by atoms with E-state index in [2.05, 4.69) is 9.47 Å². The number of aromatic carboxylic acids is 4. The minimum atomic E-state index is -7.75. The number of hydrogen-bond donors (Lipinski definition) is 4. The van der Waals surface area contributed by atoms with Crippen molar-refractivity contribution in [3.8, 4) is 11.5 Å². The molecular weight excluding hydrogens is 854 g/mol. The Morgan fingerprint density at radius 1 is 0.407 bits per heavy atom. The predicted octanol–water partition coefficient (Wildman–Crippen LogP) is 7.44. The van der Waals surface area contributed by atoms with E-state index >= 15 is 35.1 Å². The third-order valence-corrected chi connectivity index (χ3v) is 7.87. The van der Waals surface area contributed by atoms with Gasteiger partial charge in [-0.1, -0.05) is 0 Å². The number of halogens is 14. The van der Waals surface area contributed by atoms with Gasteiger partial charge in [0, 0.05) is 0 Å². The van der Waals surface area contributed by atoms with Gasteiger partial charge in [-0.25, -0.2) is 46.3 Å². The lowest BCUT2D eigenvalue weighted by Crippen LogP contribution is -2.57. The second-order valence-electron chi connectivity index (χ2n) is 11.2. The van der Waals surface area contributed by atoms with Crippen LogP contribution in [0.15, 0.2) is 36.4 Å². The van der Waals surface area contributed by atoms with Crippen molar-refractivity contribution < 1.29 is 120 Å². The van der Waals surface area contributed by atoms with Gasteiger partial charge < -0.3 is 29.9 Å². The van der Waals surface area contributed by atoms with E-state index in [1.165, 1.54) is 0 Å². The van der Waals surface area contributed by atoms with Gasteiger partial charge in [0.1, 0.15) is 0 Å². The summed E-state index contributed by atoms with van der Waals surface area (Å²) in [6.07, 6.45) is -15.5. The monoisotopic (exact) mass is 864 g/mol. The van der Waals surface area contributed by atoms with Crippen LogP contribution in [0.25, 0.3) is 0 Å². The Morgan fingerprint density at radius 2 is 0.661 bits per heavy atom. The van der Waals surface area contributed by atoms with Crippen LogP contribution in [0.2, 0.25) is 0 Å². The Labute approximate surface area is 313 Å². The molecule has 4 aromatic carbocycles. The zero-order valence-electron chi connectivity index (χ0n) is 27.3. The summed E-state index contributed by atoms with van der Waals surface area (Å²) in [5.41, 5.74) is -22.6. The summed E-state index contributed by atoms with van der Waals surface area (Å²) in [7, 11) is 0. The molecule has 0 spiro atoms. The molecule has 12 nitrogen and oxygen atoms in total. The van der Waals surface area contributed by atoms with Crippen LogP contribution >= 0.6 is 0 Å². The Balaban J connectivity index is 1.98. The average Bonchev–Trinajstić information content (AvgIpc) is 3.14. The molecule has 0 fully saturated rings. The highest BCUT2D eigenvalue weighted by Crippen LogP contribution is 2.60. The van der Waals surface area contributed by atoms with Gasteiger partial charge in [-0.15, -0.1) is 0 Å². The molecule has 4 rings (SSSR count). The van der Waals surface area contributed by atoms with Crippen molar-refractivity contribution in [2.75, 3.05) is 0 Å². The fraction of sp³-hybridized carbons (Fsp3) is 0.0909. The zero-order chi connectivity index (χ0) is 45.0. The van der Waals surface area contributed by atoms with E-state index in [0.717, 1.165) is 0 Å². The average molecular weight is 864 g/mol. The molecule has 312 valence electrons. The van der Waals surface area contributed by atoms with Gasteiger partial charge in [-0.3, -0.25) is 0 Å². The number of benzene rings is 4. The summed E-state index contributed by atoms with van der Waals surface area (Å²) in [5.74, 6) is -48.3. The molecule has 0 radical (unpaired) electrons. The molecule has 0 bridgehead atoms. The summed E-state index contributed by atoms with van der Waals surface area (Å²) in [5, 5.41) is 36.4. The summed E-state index contributed by atoms with van der Waals surface area (Å²) in [6.45, 7) is 0. The molecule has 59 heavy (non-hydrogen) atoms. The molecule has 0 aliphatic carbocycles. The highest BCUT2D eigenvalue weighted by molar-refractivity contribution is 6.05. The molecule has 26 heteroatoms. The van der Waals surface area contributed by atoms with E-state index < -0.39 is 156 Å². The number of rotatable bonds is 10. The zero-order valence-corrected chi connectivity index (χ0v) is 27.3. The van der Waals surface area contributed by atoms with E-state index in [0.29, 0.717) is 24.3 Å². The van der Waals surface area contributed by atoms with E-state index in [-0.39, 0.29) is 12.1 Å². The van der Waals surface area contributed by atoms with Crippen LogP contribution < -0.4 is 9.47 Å². The van der Waals surface area contributed by atoms with Gasteiger partial charge in [-0.05, 0) is 36.4 Å². The van der Waals surface area contributed by atoms with Crippen LogP contribution in [-0.2, 0) is 5.41 Å².